The van der Waals surface area contributed by atoms with Gasteiger partial charge in [-0.25, -0.2) is 4.79 Å². The van der Waals surface area contributed by atoms with Gasteiger partial charge in [0.25, 0.3) is 0 Å². The summed E-state index contributed by atoms with van der Waals surface area (Å²) in [7, 11) is 0. The first-order valence-electron chi connectivity index (χ1n) is 3.39. The van der Waals surface area contributed by atoms with Gasteiger partial charge in [-0.05, 0) is 13.3 Å². The molecule has 0 aromatic heterocycles. The molecule has 10 heavy (non-hydrogen) atoms. The summed E-state index contributed by atoms with van der Waals surface area (Å²) < 4.78 is 4.58. The van der Waals surface area contributed by atoms with Gasteiger partial charge in [0.2, 0.25) is 0 Å². The van der Waals surface area contributed by atoms with E-state index >= 15 is 0 Å². The lowest BCUT2D eigenvalue weighted by molar-refractivity contribution is 0.148. The Morgan fingerprint density at radius 3 is 2.70 bits per heavy atom. The lowest BCUT2D eigenvalue weighted by Gasteiger charge is -2.09. The van der Waals surface area contributed by atoms with Crippen LogP contribution in [0.5, 0.6) is 0 Å². The third kappa shape index (κ3) is 4.14. The molecule has 0 aliphatic carbocycles. The topological polar surface area (TPSA) is 64.3 Å². The maximum absolute atomic E-state index is 10.6. The molecule has 3 N–H and O–H groups in total. The molecule has 0 saturated heterocycles. The van der Waals surface area contributed by atoms with E-state index in [0.717, 1.165) is 0 Å². The molecule has 0 aliphatic rings. The second kappa shape index (κ2) is 5.05. The summed E-state index contributed by atoms with van der Waals surface area (Å²) in [4.78, 5) is 10.6. The highest BCUT2D eigenvalue weighted by Gasteiger charge is 2.03. The van der Waals surface area contributed by atoms with Crippen molar-refractivity contribution < 1.29 is 9.53 Å². The summed E-state index contributed by atoms with van der Waals surface area (Å²) in [5, 5.41) is 2.45. The summed E-state index contributed by atoms with van der Waals surface area (Å²) in [6, 6.07) is 0. The summed E-state index contributed by atoms with van der Waals surface area (Å²) in [6.45, 7) is 4.01. The van der Waals surface area contributed by atoms with E-state index in [2.05, 4.69) is 10.1 Å². The average Bonchev–Trinajstić information content (AvgIpc) is 1.88. The molecule has 0 aromatic rings. The van der Waals surface area contributed by atoms with Gasteiger partial charge in [0.15, 0.2) is 0 Å². The van der Waals surface area contributed by atoms with Crippen LogP contribution in [0.4, 0.5) is 4.79 Å². The smallest absolute Gasteiger partial charge is 0.408 e. The number of alkyl carbamates (subject to hydrolysis) is 1. The minimum absolute atomic E-state index is 0.293. The molecule has 1 atom stereocenters. The zero-order valence-electron chi connectivity index (χ0n) is 6.39. The molecule has 0 bridgehead atoms. The van der Waals surface area contributed by atoms with Crippen molar-refractivity contribution in [2.75, 3.05) is 6.61 Å². The number of carbonyl (C=O) groups excluding carboxylic acids is 1. The Labute approximate surface area is 60.7 Å². The molecule has 0 heterocycles. The summed E-state index contributed by atoms with van der Waals surface area (Å²) in [5.74, 6) is 0. The van der Waals surface area contributed by atoms with Gasteiger partial charge in [-0.2, -0.15) is 0 Å². The van der Waals surface area contributed by atoms with Gasteiger partial charge in [0.05, 0.1) is 12.8 Å². The molecule has 4 heteroatoms. The van der Waals surface area contributed by atoms with Crippen LogP contribution in [-0.4, -0.2) is 18.9 Å². The SMILES string of the molecule is CCOC(=O)NC(N)CC. The minimum atomic E-state index is -0.447. The van der Waals surface area contributed by atoms with Gasteiger partial charge < -0.3 is 15.8 Å². The van der Waals surface area contributed by atoms with Crippen molar-refractivity contribution in [2.45, 2.75) is 26.4 Å². The van der Waals surface area contributed by atoms with E-state index < -0.39 is 6.09 Å². The monoisotopic (exact) mass is 146 g/mol. The van der Waals surface area contributed by atoms with Crippen LogP contribution in [-0.2, 0) is 4.74 Å². The van der Waals surface area contributed by atoms with E-state index in [1.165, 1.54) is 0 Å². The van der Waals surface area contributed by atoms with Crippen LogP contribution >= 0.6 is 0 Å². The lowest BCUT2D eigenvalue weighted by Crippen LogP contribution is -2.41. The van der Waals surface area contributed by atoms with E-state index in [1.54, 1.807) is 6.92 Å². The molecule has 0 fully saturated rings. The second-order valence-corrected chi connectivity index (χ2v) is 1.88. The number of hydrogen-bond acceptors (Lipinski definition) is 3. The first-order chi connectivity index (χ1) is 4.70. The third-order valence-corrected chi connectivity index (χ3v) is 1.02. The summed E-state index contributed by atoms with van der Waals surface area (Å²) in [6.07, 6.45) is -0.0328. The van der Waals surface area contributed by atoms with E-state index in [-0.39, 0.29) is 6.17 Å². The molecule has 0 rings (SSSR count). The maximum atomic E-state index is 10.6. The van der Waals surface area contributed by atoms with Crippen LogP contribution in [0.25, 0.3) is 0 Å². The van der Waals surface area contributed by atoms with Crippen LogP contribution in [0.15, 0.2) is 0 Å². The largest absolute Gasteiger partial charge is 0.450 e. The van der Waals surface area contributed by atoms with Crippen molar-refractivity contribution in [1.29, 1.82) is 0 Å². The van der Waals surface area contributed by atoms with Crippen molar-refractivity contribution in [1.82, 2.24) is 5.32 Å². The molecule has 0 saturated carbocycles. The maximum Gasteiger partial charge on any atom is 0.408 e. The van der Waals surface area contributed by atoms with Crippen molar-refractivity contribution in [3.63, 3.8) is 0 Å². The highest BCUT2D eigenvalue weighted by atomic mass is 16.5. The van der Waals surface area contributed by atoms with Gasteiger partial charge in [-0.1, -0.05) is 6.92 Å². The molecule has 0 aliphatic heterocycles. The van der Waals surface area contributed by atoms with Gasteiger partial charge in [0.1, 0.15) is 0 Å². The van der Waals surface area contributed by atoms with Crippen molar-refractivity contribution in [3.8, 4) is 0 Å². The standard InChI is InChI=1S/C6H14N2O2/c1-3-5(7)8-6(9)10-4-2/h5H,3-4,7H2,1-2H3,(H,8,9). The Balaban J connectivity index is 3.37. The molecule has 4 nitrogen and oxygen atoms in total. The highest BCUT2D eigenvalue weighted by molar-refractivity contribution is 5.67. The summed E-state index contributed by atoms with van der Waals surface area (Å²) in [5.41, 5.74) is 5.39. The molecule has 1 unspecified atom stereocenters. The van der Waals surface area contributed by atoms with Gasteiger partial charge in [-0.3, -0.25) is 0 Å². The molecule has 0 spiro atoms. The van der Waals surface area contributed by atoms with Crippen molar-refractivity contribution in [2.24, 2.45) is 5.73 Å². The number of ether oxygens (including phenoxy) is 1. The van der Waals surface area contributed by atoms with Crippen LogP contribution in [0, 0.1) is 0 Å². The van der Waals surface area contributed by atoms with E-state index in [1.807, 2.05) is 6.92 Å². The predicted octanol–water partition coefficient (Wildman–Crippen LogP) is 0.427. The van der Waals surface area contributed by atoms with E-state index in [0.29, 0.717) is 13.0 Å². The van der Waals surface area contributed by atoms with Crippen molar-refractivity contribution in [3.05, 3.63) is 0 Å². The van der Waals surface area contributed by atoms with E-state index in [4.69, 9.17) is 5.73 Å². The molecule has 0 aromatic carbocycles. The van der Waals surface area contributed by atoms with Crippen LogP contribution in [0.3, 0.4) is 0 Å². The number of nitrogens with one attached hydrogen (secondary N) is 1. The fourth-order valence-electron chi connectivity index (χ4n) is 0.426. The molecule has 0 radical (unpaired) electrons. The minimum Gasteiger partial charge on any atom is -0.450 e. The van der Waals surface area contributed by atoms with Crippen LogP contribution in [0.2, 0.25) is 0 Å². The Bertz CT molecular complexity index is 106. The van der Waals surface area contributed by atoms with E-state index in [9.17, 15) is 4.79 Å². The first kappa shape index (κ1) is 9.23. The van der Waals surface area contributed by atoms with Crippen LogP contribution < -0.4 is 11.1 Å². The third-order valence-electron chi connectivity index (χ3n) is 1.02. The quantitative estimate of drug-likeness (QED) is 0.567. The van der Waals surface area contributed by atoms with Crippen LogP contribution in [0.1, 0.15) is 20.3 Å². The Morgan fingerprint density at radius 2 is 2.30 bits per heavy atom. The van der Waals surface area contributed by atoms with Gasteiger partial charge >= 0.3 is 6.09 Å². The fourth-order valence-corrected chi connectivity index (χ4v) is 0.426. The number of nitrogens with two attached hydrogens (primary N) is 1. The Hall–Kier alpha value is -0.770. The molecular weight excluding hydrogens is 132 g/mol. The second-order valence-electron chi connectivity index (χ2n) is 1.88. The summed E-state index contributed by atoms with van der Waals surface area (Å²) >= 11 is 0. The van der Waals surface area contributed by atoms with Crippen molar-refractivity contribution >= 4 is 6.09 Å². The first-order valence-corrected chi connectivity index (χ1v) is 3.39. The average molecular weight is 146 g/mol. The highest BCUT2D eigenvalue weighted by Crippen LogP contribution is 1.82. The van der Waals surface area contributed by atoms with Gasteiger partial charge in [-0.15, -0.1) is 0 Å². The molecule has 60 valence electrons. The zero-order chi connectivity index (χ0) is 7.98. The number of amides is 1. The number of hydrogen-bond donors (Lipinski definition) is 2. The number of carbonyl (C=O) groups is 1. The normalized spacial score (nSPS) is 12.3. The lowest BCUT2D eigenvalue weighted by atomic mass is 10.4. The molecular formula is C6H14N2O2. The predicted molar refractivity (Wildman–Crippen MR) is 38.4 cm³/mol. The number of rotatable bonds is 3. The van der Waals surface area contributed by atoms with Gasteiger partial charge in [0, 0.05) is 0 Å². The molecule has 1 amide bonds. The Kier molecular flexibility index (Phi) is 4.66. The fraction of sp³-hybridized carbons (Fsp3) is 0.833. The zero-order valence-corrected chi connectivity index (χ0v) is 6.39. The Morgan fingerprint density at radius 1 is 1.70 bits per heavy atom.